The minimum atomic E-state index is 0.135. The molecule has 2 aliphatic rings. The first-order chi connectivity index (χ1) is 8.75. The third-order valence-corrected chi connectivity index (χ3v) is 3.85. The van der Waals surface area contributed by atoms with Crippen LogP contribution in [0.4, 0.5) is 0 Å². The fourth-order valence-electron chi connectivity index (χ4n) is 2.79. The van der Waals surface area contributed by atoms with Crippen molar-refractivity contribution in [2.45, 2.75) is 32.4 Å². The largest absolute Gasteiger partial charge is 0.338 e. The summed E-state index contributed by atoms with van der Waals surface area (Å²) in [5, 5.41) is 11.6. The molecule has 1 unspecified atom stereocenters. The zero-order chi connectivity index (χ0) is 12.5. The lowest BCUT2D eigenvalue weighted by Crippen LogP contribution is -2.34. The van der Waals surface area contributed by atoms with E-state index in [1.54, 1.807) is 4.90 Å². The Kier molecular flexibility index (Phi) is 3.03. The number of rotatable bonds is 3. The monoisotopic (exact) mass is 249 g/mol. The van der Waals surface area contributed by atoms with Gasteiger partial charge in [0.2, 0.25) is 5.91 Å². The van der Waals surface area contributed by atoms with Gasteiger partial charge in [0.15, 0.2) is 5.82 Å². The number of nitrogens with one attached hydrogen (secondary N) is 1. The number of aryl methyl sites for hydroxylation is 1. The minimum Gasteiger partial charge on any atom is -0.338 e. The lowest BCUT2D eigenvalue weighted by Gasteiger charge is -2.20. The molecular weight excluding hydrogens is 230 g/mol. The third kappa shape index (κ3) is 2.01. The Morgan fingerprint density at radius 2 is 2.44 bits per heavy atom. The molecule has 1 aromatic rings. The van der Waals surface area contributed by atoms with Crippen LogP contribution in [0.25, 0.3) is 0 Å². The minimum absolute atomic E-state index is 0.135. The van der Waals surface area contributed by atoms with E-state index in [2.05, 4.69) is 20.1 Å². The lowest BCUT2D eigenvalue weighted by atomic mass is 10.1. The molecular formula is C12H19N5O. The lowest BCUT2D eigenvalue weighted by molar-refractivity contribution is -0.134. The van der Waals surface area contributed by atoms with E-state index in [4.69, 9.17) is 0 Å². The van der Waals surface area contributed by atoms with Crippen LogP contribution in [-0.4, -0.2) is 45.7 Å². The second-order valence-electron chi connectivity index (χ2n) is 5.17. The predicted molar refractivity (Wildman–Crippen MR) is 65.8 cm³/mol. The van der Waals surface area contributed by atoms with Crippen molar-refractivity contribution in [3.8, 4) is 0 Å². The van der Waals surface area contributed by atoms with Crippen LogP contribution < -0.4 is 5.32 Å². The fourth-order valence-corrected chi connectivity index (χ4v) is 2.79. The van der Waals surface area contributed by atoms with E-state index in [1.807, 2.05) is 7.05 Å². The molecule has 18 heavy (non-hydrogen) atoms. The molecule has 6 heteroatoms. The van der Waals surface area contributed by atoms with E-state index in [0.717, 1.165) is 50.5 Å². The van der Waals surface area contributed by atoms with Crippen LogP contribution >= 0.6 is 0 Å². The third-order valence-electron chi connectivity index (χ3n) is 3.85. The van der Waals surface area contributed by atoms with E-state index in [-0.39, 0.29) is 11.8 Å². The normalized spacial score (nSPS) is 22.2. The van der Waals surface area contributed by atoms with E-state index in [1.165, 1.54) is 0 Å². The number of hydrogen-bond acceptors (Lipinski definition) is 4. The second kappa shape index (κ2) is 4.68. The Hall–Kier alpha value is -1.43. The van der Waals surface area contributed by atoms with Gasteiger partial charge in [-0.2, -0.15) is 0 Å². The molecule has 1 saturated heterocycles. The van der Waals surface area contributed by atoms with E-state index < -0.39 is 0 Å². The van der Waals surface area contributed by atoms with E-state index >= 15 is 0 Å². The van der Waals surface area contributed by atoms with Gasteiger partial charge in [0, 0.05) is 26.6 Å². The van der Waals surface area contributed by atoms with E-state index in [0.29, 0.717) is 6.54 Å². The summed E-state index contributed by atoms with van der Waals surface area (Å²) in [6, 6.07) is 0. The zero-order valence-electron chi connectivity index (χ0n) is 10.7. The van der Waals surface area contributed by atoms with Gasteiger partial charge in [0.25, 0.3) is 0 Å². The zero-order valence-corrected chi connectivity index (χ0v) is 10.7. The average Bonchev–Trinajstić information content (AvgIpc) is 3.06. The molecule has 3 heterocycles. The van der Waals surface area contributed by atoms with Gasteiger partial charge < -0.3 is 14.8 Å². The summed E-state index contributed by atoms with van der Waals surface area (Å²) in [6.45, 7) is 3.32. The van der Waals surface area contributed by atoms with Crippen LogP contribution in [-0.2, 0) is 24.3 Å². The fraction of sp³-hybridized carbons (Fsp3) is 0.750. The number of nitrogens with zero attached hydrogens (tertiary/aromatic N) is 4. The highest BCUT2D eigenvalue weighted by molar-refractivity contribution is 5.79. The van der Waals surface area contributed by atoms with E-state index in [9.17, 15) is 4.79 Å². The summed E-state index contributed by atoms with van der Waals surface area (Å²) in [5.74, 6) is 2.34. The van der Waals surface area contributed by atoms with Crippen molar-refractivity contribution < 1.29 is 4.79 Å². The molecule has 0 saturated carbocycles. The van der Waals surface area contributed by atoms with Crippen LogP contribution in [0.3, 0.4) is 0 Å². The average molecular weight is 249 g/mol. The molecule has 1 N–H and O–H groups in total. The molecule has 0 radical (unpaired) electrons. The maximum Gasteiger partial charge on any atom is 0.227 e. The van der Waals surface area contributed by atoms with Crippen molar-refractivity contribution in [2.24, 2.45) is 5.92 Å². The molecule has 98 valence electrons. The molecule has 0 aromatic carbocycles. The first kappa shape index (κ1) is 11.6. The molecule has 1 fully saturated rings. The Morgan fingerprint density at radius 1 is 1.56 bits per heavy atom. The van der Waals surface area contributed by atoms with Crippen molar-refractivity contribution in [1.29, 1.82) is 0 Å². The van der Waals surface area contributed by atoms with Gasteiger partial charge >= 0.3 is 0 Å². The number of fused-ring (bicyclic) bond motifs is 1. The molecule has 0 spiro atoms. The molecule has 1 amide bonds. The summed E-state index contributed by atoms with van der Waals surface area (Å²) in [6.07, 6.45) is 3.10. The topological polar surface area (TPSA) is 63.1 Å². The van der Waals surface area contributed by atoms with Gasteiger partial charge in [-0.1, -0.05) is 0 Å². The maximum absolute atomic E-state index is 12.2. The molecule has 1 atom stereocenters. The number of amides is 1. The van der Waals surface area contributed by atoms with Crippen LogP contribution in [0.1, 0.15) is 24.5 Å². The van der Waals surface area contributed by atoms with Crippen molar-refractivity contribution in [3.05, 3.63) is 11.6 Å². The van der Waals surface area contributed by atoms with Crippen molar-refractivity contribution in [1.82, 2.24) is 25.0 Å². The van der Waals surface area contributed by atoms with Gasteiger partial charge in [-0.25, -0.2) is 0 Å². The number of aromatic nitrogens is 3. The second-order valence-corrected chi connectivity index (χ2v) is 5.17. The highest BCUT2D eigenvalue weighted by Gasteiger charge is 2.27. The van der Waals surface area contributed by atoms with Crippen LogP contribution in [0.2, 0.25) is 0 Å². The quantitative estimate of drug-likeness (QED) is 0.805. The molecule has 0 bridgehead atoms. The molecule has 6 nitrogen and oxygen atoms in total. The highest BCUT2D eigenvalue weighted by Crippen LogP contribution is 2.17. The van der Waals surface area contributed by atoms with Gasteiger partial charge in [-0.15, -0.1) is 10.2 Å². The first-order valence-electron chi connectivity index (χ1n) is 6.62. The van der Waals surface area contributed by atoms with Crippen LogP contribution in [0.15, 0.2) is 0 Å². The summed E-state index contributed by atoms with van der Waals surface area (Å²) < 4.78 is 2.15. The summed E-state index contributed by atoms with van der Waals surface area (Å²) in [4.78, 5) is 14.0. The van der Waals surface area contributed by atoms with Gasteiger partial charge in [0.05, 0.1) is 12.5 Å². The van der Waals surface area contributed by atoms with Crippen LogP contribution in [0.5, 0.6) is 0 Å². The Labute approximate surface area is 106 Å². The molecule has 3 rings (SSSR count). The van der Waals surface area contributed by atoms with Crippen molar-refractivity contribution in [3.63, 3.8) is 0 Å². The van der Waals surface area contributed by atoms with Crippen molar-refractivity contribution >= 4 is 5.91 Å². The number of carbonyl (C=O) groups excluding carboxylic acids is 1. The molecule has 1 aromatic heterocycles. The van der Waals surface area contributed by atoms with Gasteiger partial charge in [-0.05, 0) is 19.4 Å². The Balaban J connectivity index is 1.66. The highest BCUT2D eigenvalue weighted by atomic mass is 16.2. The number of carbonyl (C=O) groups is 1. The Bertz CT molecular complexity index is 449. The summed E-state index contributed by atoms with van der Waals surface area (Å²) >= 11 is 0. The van der Waals surface area contributed by atoms with Crippen molar-refractivity contribution in [2.75, 3.05) is 20.1 Å². The first-order valence-corrected chi connectivity index (χ1v) is 6.62. The summed E-state index contributed by atoms with van der Waals surface area (Å²) in [5.41, 5.74) is 0. The Morgan fingerprint density at radius 3 is 3.22 bits per heavy atom. The SMILES string of the molecule is CN(Cc1nnc2n1CCC2)C(=O)C1CCNC1. The molecule has 2 aliphatic heterocycles. The number of hydrogen-bond donors (Lipinski definition) is 1. The predicted octanol–water partition coefficient (Wildman–Crippen LogP) is -0.208. The maximum atomic E-state index is 12.2. The smallest absolute Gasteiger partial charge is 0.227 e. The van der Waals surface area contributed by atoms with Crippen LogP contribution in [0, 0.1) is 5.92 Å². The van der Waals surface area contributed by atoms with Gasteiger partial charge in [0.1, 0.15) is 5.82 Å². The molecule has 0 aliphatic carbocycles. The summed E-state index contributed by atoms with van der Waals surface area (Å²) in [7, 11) is 1.86. The van der Waals surface area contributed by atoms with Gasteiger partial charge in [-0.3, -0.25) is 4.79 Å². The standard InChI is InChI=1S/C12H19N5O/c1-16(12(18)9-4-5-13-7-9)8-11-15-14-10-3-2-6-17(10)11/h9,13H,2-8H2,1H3.